The molecule has 3 aliphatic carbocycles. The van der Waals surface area contributed by atoms with Gasteiger partial charge in [0.05, 0.1) is 17.6 Å². The number of hydrogen-bond donors (Lipinski definition) is 0. The van der Waals surface area contributed by atoms with E-state index in [2.05, 4.69) is 13.2 Å². The van der Waals surface area contributed by atoms with Crippen LogP contribution in [-0.4, -0.2) is 79.7 Å². The molecule has 1 unspecified atom stereocenters. The standard InChI is InChI=1S/C29H35NO8/c1-7-11-30(12-8-2)14-17-23-26(34)25(33)22-18-9-10-20(32)28(18,4)13-19(37-16(3)31)24(22)29(23,5)21(15-36-6)38-27(17)35/h7-8,18-19,21H,1-2,9-15H2,3-6H3/t18-,19?,21+,28-,29-/m0/s1. The van der Waals surface area contributed by atoms with Crippen molar-refractivity contribution in [2.75, 3.05) is 33.4 Å². The number of allylic oxidation sites excluding steroid dienone is 1. The summed E-state index contributed by atoms with van der Waals surface area (Å²) in [4.78, 5) is 68.4. The Bertz CT molecular complexity index is 1180. The number of methoxy groups -OCH3 is 1. The van der Waals surface area contributed by atoms with E-state index in [1.54, 1.807) is 26.0 Å². The number of carbonyl (C=O) groups excluding carboxylic acids is 5. The Labute approximate surface area is 222 Å². The van der Waals surface area contributed by atoms with Crippen molar-refractivity contribution in [3.8, 4) is 0 Å². The predicted octanol–water partition coefficient (Wildman–Crippen LogP) is 2.30. The van der Waals surface area contributed by atoms with Crippen molar-refractivity contribution in [3.05, 3.63) is 47.6 Å². The third-order valence-electron chi connectivity index (χ3n) is 8.62. The number of rotatable bonds is 9. The van der Waals surface area contributed by atoms with Gasteiger partial charge in [-0.25, -0.2) is 4.79 Å². The van der Waals surface area contributed by atoms with Crippen LogP contribution in [0.25, 0.3) is 0 Å². The average Bonchev–Trinajstić information content (AvgIpc) is 3.13. The molecule has 4 rings (SSSR count). The smallest absolute Gasteiger partial charge is 0.336 e. The van der Waals surface area contributed by atoms with E-state index < -0.39 is 52.5 Å². The van der Waals surface area contributed by atoms with Gasteiger partial charge in [0, 0.05) is 69.0 Å². The highest BCUT2D eigenvalue weighted by molar-refractivity contribution is 6.51. The van der Waals surface area contributed by atoms with Crippen LogP contribution in [0, 0.1) is 16.7 Å². The molecule has 0 saturated heterocycles. The highest BCUT2D eigenvalue weighted by Gasteiger charge is 2.65. The molecule has 1 aliphatic heterocycles. The van der Waals surface area contributed by atoms with Crippen molar-refractivity contribution in [2.45, 2.75) is 52.2 Å². The first-order valence-corrected chi connectivity index (χ1v) is 12.9. The molecule has 0 aromatic heterocycles. The number of ketones is 3. The molecule has 0 radical (unpaired) electrons. The van der Waals surface area contributed by atoms with Gasteiger partial charge in [0.2, 0.25) is 11.6 Å². The lowest BCUT2D eigenvalue weighted by Crippen LogP contribution is -2.59. The fourth-order valence-corrected chi connectivity index (χ4v) is 6.94. The van der Waals surface area contributed by atoms with Gasteiger partial charge in [0.1, 0.15) is 18.0 Å². The number of cyclic esters (lactones) is 1. The Morgan fingerprint density at radius 2 is 1.79 bits per heavy atom. The first kappa shape index (κ1) is 27.9. The lowest BCUT2D eigenvalue weighted by atomic mass is 9.52. The maximum absolute atomic E-state index is 14.0. The second-order valence-electron chi connectivity index (χ2n) is 10.9. The fourth-order valence-electron chi connectivity index (χ4n) is 6.94. The average molecular weight is 526 g/mol. The monoisotopic (exact) mass is 525 g/mol. The Morgan fingerprint density at radius 1 is 1.13 bits per heavy atom. The zero-order valence-electron chi connectivity index (χ0n) is 22.5. The van der Waals surface area contributed by atoms with Gasteiger partial charge >= 0.3 is 11.9 Å². The minimum Gasteiger partial charge on any atom is -0.458 e. The van der Waals surface area contributed by atoms with E-state index in [0.29, 0.717) is 25.1 Å². The maximum atomic E-state index is 14.0. The Kier molecular flexibility index (Phi) is 7.47. The summed E-state index contributed by atoms with van der Waals surface area (Å²) < 4.78 is 17.1. The summed E-state index contributed by atoms with van der Waals surface area (Å²) in [6.45, 7) is 13.1. The summed E-state index contributed by atoms with van der Waals surface area (Å²) >= 11 is 0. The predicted molar refractivity (Wildman–Crippen MR) is 137 cm³/mol. The summed E-state index contributed by atoms with van der Waals surface area (Å²) in [7, 11) is 1.45. The molecule has 9 nitrogen and oxygen atoms in total. The van der Waals surface area contributed by atoms with Gasteiger partial charge in [-0.3, -0.25) is 24.1 Å². The third-order valence-corrected chi connectivity index (χ3v) is 8.62. The highest BCUT2D eigenvalue weighted by atomic mass is 16.6. The number of fused-ring (bicyclic) bond motifs is 4. The summed E-state index contributed by atoms with van der Waals surface area (Å²) in [6.07, 6.45) is 2.31. The van der Waals surface area contributed by atoms with Crippen molar-refractivity contribution in [1.29, 1.82) is 0 Å². The van der Waals surface area contributed by atoms with E-state index in [1.165, 1.54) is 14.0 Å². The Morgan fingerprint density at radius 3 is 2.37 bits per heavy atom. The third kappa shape index (κ3) is 4.12. The van der Waals surface area contributed by atoms with Crippen LogP contribution in [0.15, 0.2) is 47.6 Å². The number of hydrogen-bond acceptors (Lipinski definition) is 9. The summed E-state index contributed by atoms with van der Waals surface area (Å²) in [5, 5.41) is 0. The summed E-state index contributed by atoms with van der Waals surface area (Å²) in [5.41, 5.74) is -1.47. The first-order chi connectivity index (χ1) is 17.9. The minimum atomic E-state index is -1.30. The Balaban J connectivity index is 2.03. The fraction of sp³-hybridized carbons (Fsp3) is 0.552. The second-order valence-corrected chi connectivity index (χ2v) is 10.9. The topological polar surface area (TPSA) is 116 Å². The van der Waals surface area contributed by atoms with Crippen LogP contribution < -0.4 is 0 Å². The SMILES string of the molecule is C=CCN(CC=C)CC1=C2C(=O)C(=O)C3=C(C(OC(C)=O)C[C@]4(C)C(=O)CC[C@@H]34)[C@@]2(C)[C@@H](COC)OC1=O. The van der Waals surface area contributed by atoms with Crippen molar-refractivity contribution >= 4 is 29.3 Å². The zero-order valence-corrected chi connectivity index (χ0v) is 22.5. The van der Waals surface area contributed by atoms with Crippen LogP contribution in [0.4, 0.5) is 0 Å². The molecule has 0 spiro atoms. The van der Waals surface area contributed by atoms with Gasteiger partial charge in [-0.15, -0.1) is 13.2 Å². The number of carbonyl (C=O) groups is 5. The molecule has 1 saturated carbocycles. The van der Waals surface area contributed by atoms with E-state index in [4.69, 9.17) is 14.2 Å². The molecule has 9 heteroatoms. The molecule has 0 amide bonds. The van der Waals surface area contributed by atoms with Crippen molar-refractivity contribution in [2.24, 2.45) is 16.7 Å². The number of nitrogens with zero attached hydrogens (tertiary/aromatic N) is 1. The molecule has 1 fully saturated rings. The molecule has 0 aromatic carbocycles. The molecular formula is C29H35NO8. The molecule has 0 N–H and O–H groups in total. The quantitative estimate of drug-likeness (QED) is 0.254. The van der Waals surface area contributed by atoms with E-state index >= 15 is 0 Å². The minimum absolute atomic E-state index is 0.0216. The summed E-state index contributed by atoms with van der Waals surface area (Å²) in [5.74, 6) is -3.34. The zero-order chi connectivity index (χ0) is 28.0. The van der Waals surface area contributed by atoms with Crippen LogP contribution in [-0.2, 0) is 38.2 Å². The number of Topliss-reactive ketones (excluding diaryl/α,β-unsaturated/α-hetero) is 3. The van der Waals surface area contributed by atoms with E-state index in [-0.39, 0.29) is 48.5 Å². The molecule has 0 bridgehead atoms. The molecule has 1 heterocycles. The van der Waals surface area contributed by atoms with E-state index in [9.17, 15) is 24.0 Å². The molecule has 5 atom stereocenters. The van der Waals surface area contributed by atoms with Crippen LogP contribution in [0.5, 0.6) is 0 Å². The normalized spacial score (nSPS) is 32.6. The molecule has 38 heavy (non-hydrogen) atoms. The lowest BCUT2D eigenvalue weighted by Gasteiger charge is -2.53. The molecular weight excluding hydrogens is 490 g/mol. The van der Waals surface area contributed by atoms with Crippen LogP contribution in [0.3, 0.4) is 0 Å². The maximum Gasteiger partial charge on any atom is 0.336 e. The van der Waals surface area contributed by atoms with Crippen molar-refractivity contribution < 1.29 is 38.2 Å². The molecule has 4 aliphatic rings. The summed E-state index contributed by atoms with van der Waals surface area (Å²) in [6, 6.07) is 0. The van der Waals surface area contributed by atoms with Crippen molar-refractivity contribution in [3.63, 3.8) is 0 Å². The first-order valence-electron chi connectivity index (χ1n) is 12.9. The molecule has 0 aromatic rings. The number of ether oxygens (including phenoxy) is 3. The van der Waals surface area contributed by atoms with Gasteiger partial charge in [0.15, 0.2) is 0 Å². The number of esters is 2. The lowest BCUT2D eigenvalue weighted by molar-refractivity contribution is -0.162. The van der Waals surface area contributed by atoms with Gasteiger partial charge in [0.25, 0.3) is 0 Å². The van der Waals surface area contributed by atoms with Gasteiger partial charge in [-0.05, 0) is 18.9 Å². The van der Waals surface area contributed by atoms with E-state index in [1.807, 2.05) is 4.90 Å². The van der Waals surface area contributed by atoms with Crippen molar-refractivity contribution in [1.82, 2.24) is 4.90 Å². The van der Waals surface area contributed by atoms with Gasteiger partial charge < -0.3 is 14.2 Å². The second kappa shape index (κ2) is 10.2. The van der Waals surface area contributed by atoms with Gasteiger partial charge in [-0.2, -0.15) is 0 Å². The molecule has 204 valence electrons. The Hall–Kier alpha value is -3.17. The largest absolute Gasteiger partial charge is 0.458 e. The van der Waals surface area contributed by atoms with E-state index in [0.717, 1.165) is 0 Å². The van der Waals surface area contributed by atoms with Crippen LogP contribution in [0.2, 0.25) is 0 Å². The van der Waals surface area contributed by atoms with Crippen LogP contribution >= 0.6 is 0 Å². The van der Waals surface area contributed by atoms with Crippen LogP contribution in [0.1, 0.15) is 40.0 Å². The van der Waals surface area contributed by atoms with Gasteiger partial charge in [-0.1, -0.05) is 19.1 Å². The highest BCUT2D eigenvalue weighted by Crippen LogP contribution is 2.61.